The van der Waals surface area contributed by atoms with E-state index in [0.29, 0.717) is 59.5 Å². The molecule has 196 valence electrons. The van der Waals surface area contributed by atoms with Crippen LogP contribution in [0.3, 0.4) is 0 Å². The number of allylic oxidation sites excluding steroid dienone is 3. The topological polar surface area (TPSA) is 107 Å². The van der Waals surface area contributed by atoms with Crippen LogP contribution in [0.1, 0.15) is 19.8 Å². The van der Waals surface area contributed by atoms with Crippen LogP contribution in [-0.4, -0.2) is 72.0 Å². The van der Waals surface area contributed by atoms with Gasteiger partial charge in [-0.15, -0.1) is 0 Å². The number of aromatic nitrogens is 3. The predicted molar refractivity (Wildman–Crippen MR) is 147 cm³/mol. The van der Waals surface area contributed by atoms with E-state index in [1.54, 1.807) is 25.3 Å². The van der Waals surface area contributed by atoms with Gasteiger partial charge < -0.3 is 19.5 Å². The van der Waals surface area contributed by atoms with E-state index in [1.807, 2.05) is 30.4 Å². The SMILES string of the molecule is CC1(S(=O)(=O)n2nc(-c3ccc(N4CCOCC4)c(OCCCO)c3)c3ccncc32)C=C(Br)C=CC1. The van der Waals surface area contributed by atoms with Crippen LogP contribution in [-0.2, 0) is 14.8 Å². The summed E-state index contributed by atoms with van der Waals surface area (Å²) in [5.74, 6) is 0.656. The Hall–Kier alpha value is -2.73. The zero-order valence-electron chi connectivity index (χ0n) is 20.5. The van der Waals surface area contributed by atoms with Gasteiger partial charge in [0.1, 0.15) is 21.7 Å². The highest BCUT2D eigenvalue weighted by atomic mass is 79.9. The number of ether oxygens (including phenoxy) is 2. The molecular formula is C26H29BrN4O5S. The number of hydrogen-bond acceptors (Lipinski definition) is 8. The van der Waals surface area contributed by atoms with E-state index in [0.717, 1.165) is 28.4 Å². The minimum absolute atomic E-state index is 0.0327. The number of nitrogens with zero attached hydrogens (tertiary/aromatic N) is 4. The molecule has 5 rings (SSSR count). The van der Waals surface area contributed by atoms with E-state index < -0.39 is 14.8 Å². The van der Waals surface area contributed by atoms with Crippen LogP contribution in [0.2, 0.25) is 0 Å². The number of benzene rings is 1. The third kappa shape index (κ3) is 4.93. The summed E-state index contributed by atoms with van der Waals surface area (Å²) in [6.07, 6.45) is 9.39. The zero-order chi connectivity index (χ0) is 26.0. The van der Waals surface area contributed by atoms with Gasteiger partial charge in [0.15, 0.2) is 0 Å². The standard InChI is InChI=1S/C26H29BrN4O5S/c1-26(8-2-4-20(27)17-26)37(33,34)31-23-18-28-9-7-21(23)25(29-31)19-5-6-22(30-10-14-35-15-11-30)24(16-19)36-13-3-12-32/h2,4-7,9,16-18,32H,3,8,10-15H2,1H3. The van der Waals surface area contributed by atoms with Crippen LogP contribution in [0.25, 0.3) is 22.2 Å². The first-order valence-corrected chi connectivity index (χ1v) is 14.4. The zero-order valence-corrected chi connectivity index (χ0v) is 22.9. The number of halogens is 1. The number of anilines is 1. The molecule has 1 fully saturated rings. The van der Waals surface area contributed by atoms with E-state index in [-0.39, 0.29) is 6.61 Å². The van der Waals surface area contributed by atoms with Crippen molar-refractivity contribution in [3.05, 3.63) is 59.4 Å². The number of rotatable bonds is 8. The first-order valence-electron chi connectivity index (χ1n) is 12.2. The number of pyridine rings is 1. The first kappa shape index (κ1) is 25.9. The number of fused-ring (bicyclic) bond motifs is 1. The van der Waals surface area contributed by atoms with Gasteiger partial charge in [0.2, 0.25) is 0 Å². The second-order valence-corrected chi connectivity index (χ2v) is 12.4. The lowest BCUT2D eigenvalue weighted by atomic mass is 10.0. The van der Waals surface area contributed by atoms with E-state index in [2.05, 4.69) is 30.9 Å². The van der Waals surface area contributed by atoms with Crippen molar-refractivity contribution in [3.8, 4) is 17.0 Å². The van der Waals surface area contributed by atoms with Crippen molar-refractivity contribution in [3.63, 3.8) is 0 Å². The second-order valence-electron chi connectivity index (χ2n) is 9.25. The third-order valence-electron chi connectivity index (χ3n) is 6.66. The van der Waals surface area contributed by atoms with Gasteiger partial charge in [-0.2, -0.15) is 9.19 Å². The molecule has 1 atom stereocenters. The summed E-state index contributed by atoms with van der Waals surface area (Å²) < 4.78 is 40.1. The summed E-state index contributed by atoms with van der Waals surface area (Å²) >= 11 is 3.42. The average molecular weight is 590 g/mol. The number of morpholine rings is 1. The van der Waals surface area contributed by atoms with Crippen LogP contribution in [0, 0.1) is 0 Å². The fourth-order valence-electron chi connectivity index (χ4n) is 4.60. The van der Waals surface area contributed by atoms with Crippen LogP contribution >= 0.6 is 15.9 Å². The van der Waals surface area contributed by atoms with Crippen molar-refractivity contribution in [2.24, 2.45) is 0 Å². The quantitative estimate of drug-likeness (QED) is 0.395. The van der Waals surface area contributed by atoms with Crippen molar-refractivity contribution in [2.75, 3.05) is 44.4 Å². The molecular weight excluding hydrogens is 560 g/mol. The molecule has 2 aromatic heterocycles. The molecule has 1 aromatic carbocycles. The minimum atomic E-state index is -3.93. The summed E-state index contributed by atoms with van der Waals surface area (Å²) in [6.45, 7) is 4.84. The van der Waals surface area contributed by atoms with Crippen LogP contribution in [0.15, 0.2) is 59.4 Å². The largest absolute Gasteiger partial charge is 0.491 e. The maximum atomic E-state index is 13.9. The van der Waals surface area contributed by atoms with Gasteiger partial charge >= 0.3 is 0 Å². The summed E-state index contributed by atoms with van der Waals surface area (Å²) in [5.41, 5.74) is 2.60. The molecule has 1 aliphatic carbocycles. The van der Waals surface area contributed by atoms with E-state index in [4.69, 9.17) is 9.47 Å². The monoisotopic (exact) mass is 588 g/mol. The molecule has 2 aliphatic rings. The molecule has 0 saturated carbocycles. The normalized spacial score (nSPS) is 20.3. The Kier molecular flexibility index (Phi) is 7.39. The van der Waals surface area contributed by atoms with Crippen molar-refractivity contribution < 1.29 is 23.0 Å². The van der Waals surface area contributed by atoms with Crippen molar-refractivity contribution in [1.82, 2.24) is 14.2 Å². The highest BCUT2D eigenvalue weighted by molar-refractivity contribution is 9.11. The maximum Gasteiger partial charge on any atom is 0.263 e. The number of aliphatic hydroxyl groups is 1. The van der Waals surface area contributed by atoms with Crippen LogP contribution in [0.4, 0.5) is 5.69 Å². The van der Waals surface area contributed by atoms with Gasteiger partial charge in [0.25, 0.3) is 10.0 Å². The van der Waals surface area contributed by atoms with Crippen molar-refractivity contribution >= 4 is 42.5 Å². The summed E-state index contributed by atoms with van der Waals surface area (Å²) in [7, 11) is -3.93. The van der Waals surface area contributed by atoms with Crippen molar-refractivity contribution in [1.29, 1.82) is 0 Å². The molecule has 3 aromatic rings. The molecule has 0 radical (unpaired) electrons. The summed E-state index contributed by atoms with van der Waals surface area (Å²) in [4.78, 5) is 6.39. The lowest BCUT2D eigenvalue weighted by molar-refractivity contribution is 0.122. The van der Waals surface area contributed by atoms with Crippen LogP contribution in [0.5, 0.6) is 5.75 Å². The Balaban J connectivity index is 1.61. The van der Waals surface area contributed by atoms with Crippen molar-refractivity contribution in [2.45, 2.75) is 24.5 Å². The molecule has 1 aliphatic heterocycles. The lowest BCUT2D eigenvalue weighted by Crippen LogP contribution is -2.39. The average Bonchev–Trinajstić information content (AvgIpc) is 3.30. The highest BCUT2D eigenvalue weighted by Gasteiger charge is 2.41. The van der Waals surface area contributed by atoms with Crippen LogP contribution < -0.4 is 9.64 Å². The molecule has 9 nitrogen and oxygen atoms in total. The lowest BCUT2D eigenvalue weighted by Gasteiger charge is -2.30. The first-order chi connectivity index (χ1) is 17.8. The fraction of sp³-hybridized carbons (Fsp3) is 0.385. The molecule has 1 saturated heterocycles. The smallest absolute Gasteiger partial charge is 0.263 e. The van der Waals surface area contributed by atoms with Gasteiger partial charge in [0, 0.05) is 47.7 Å². The molecule has 1 N–H and O–H groups in total. The van der Waals surface area contributed by atoms with Gasteiger partial charge in [-0.25, -0.2) is 8.42 Å². The molecule has 0 amide bonds. The van der Waals surface area contributed by atoms with Gasteiger partial charge in [-0.3, -0.25) is 4.98 Å². The molecule has 1 unspecified atom stereocenters. The Morgan fingerprint density at radius 1 is 1.24 bits per heavy atom. The Morgan fingerprint density at radius 3 is 2.81 bits per heavy atom. The Labute approximate surface area is 224 Å². The maximum absolute atomic E-state index is 13.9. The van der Waals surface area contributed by atoms with Gasteiger partial charge in [-0.05, 0) is 37.6 Å². The summed E-state index contributed by atoms with van der Waals surface area (Å²) in [6, 6.07) is 7.58. The predicted octanol–water partition coefficient (Wildman–Crippen LogP) is 3.87. The minimum Gasteiger partial charge on any atom is -0.491 e. The fourth-order valence-corrected chi connectivity index (χ4v) is 7.02. The highest BCUT2D eigenvalue weighted by Crippen LogP contribution is 2.39. The molecule has 37 heavy (non-hydrogen) atoms. The number of aliphatic hydroxyl groups excluding tert-OH is 1. The number of hydrogen-bond donors (Lipinski definition) is 1. The van der Waals surface area contributed by atoms with E-state index in [1.165, 1.54) is 6.20 Å². The third-order valence-corrected chi connectivity index (χ3v) is 9.35. The summed E-state index contributed by atoms with van der Waals surface area (Å²) in [5, 5.41) is 14.6. The molecule has 0 bridgehead atoms. The molecule has 0 spiro atoms. The molecule has 11 heteroatoms. The van der Waals surface area contributed by atoms with Gasteiger partial charge in [-0.1, -0.05) is 34.1 Å². The Bertz CT molecular complexity index is 1460. The second kappa shape index (κ2) is 10.6. The van der Waals surface area contributed by atoms with E-state index >= 15 is 0 Å². The van der Waals surface area contributed by atoms with E-state index in [9.17, 15) is 13.5 Å². The Morgan fingerprint density at radius 2 is 2.05 bits per heavy atom. The molecule has 3 heterocycles. The van der Waals surface area contributed by atoms with Gasteiger partial charge in [0.05, 0.1) is 31.7 Å².